The van der Waals surface area contributed by atoms with E-state index in [1.54, 1.807) is 0 Å². The highest BCUT2D eigenvalue weighted by Crippen LogP contribution is 2.29. The van der Waals surface area contributed by atoms with Gasteiger partial charge in [0, 0.05) is 12.6 Å². The van der Waals surface area contributed by atoms with E-state index in [1.165, 1.54) is 89.9 Å². The van der Waals surface area contributed by atoms with Crippen molar-refractivity contribution in [1.82, 2.24) is 10.4 Å². The zero-order valence-electron chi connectivity index (χ0n) is 20.9. The molecule has 1 aliphatic heterocycles. The van der Waals surface area contributed by atoms with Crippen molar-refractivity contribution in [2.45, 2.75) is 131 Å². The minimum atomic E-state index is 0.203. The summed E-state index contributed by atoms with van der Waals surface area (Å²) in [7, 11) is 0. The quantitative estimate of drug-likeness (QED) is 0.318. The van der Waals surface area contributed by atoms with Gasteiger partial charge in [-0.1, -0.05) is 105 Å². The Balaban J connectivity index is 1.55. The molecule has 30 heavy (non-hydrogen) atoms. The monoisotopic (exact) mass is 420 g/mol. The molecule has 0 aromatic rings. The summed E-state index contributed by atoms with van der Waals surface area (Å²) in [6, 6.07) is 0.590. The molecule has 176 valence electrons. The number of nitrogens with zero attached hydrogens (tertiary/aromatic N) is 1. The number of nitrogens with one attached hydrogen (secondary N) is 1. The summed E-state index contributed by atoms with van der Waals surface area (Å²) in [6.45, 7) is 12.8. The van der Waals surface area contributed by atoms with Crippen molar-refractivity contribution in [3.8, 4) is 0 Å². The van der Waals surface area contributed by atoms with Crippen molar-refractivity contribution < 1.29 is 4.79 Å². The average molecular weight is 421 g/mol. The molecule has 1 aliphatic carbocycles. The molecule has 0 aromatic heterocycles. The van der Waals surface area contributed by atoms with Crippen molar-refractivity contribution in [2.24, 2.45) is 29.6 Å². The van der Waals surface area contributed by atoms with Crippen LogP contribution in [-0.4, -0.2) is 23.5 Å². The van der Waals surface area contributed by atoms with Crippen LogP contribution in [0.4, 0.5) is 0 Å². The minimum Gasteiger partial charge on any atom is -0.288 e. The van der Waals surface area contributed by atoms with E-state index in [9.17, 15) is 4.79 Å². The van der Waals surface area contributed by atoms with E-state index in [2.05, 4.69) is 45.1 Å². The van der Waals surface area contributed by atoms with Crippen LogP contribution in [0.15, 0.2) is 0 Å². The first-order valence-electron chi connectivity index (χ1n) is 13.4. The second kappa shape index (κ2) is 13.8. The molecule has 0 bridgehead atoms. The number of hydrogen-bond acceptors (Lipinski definition) is 2. The zero-order valence-corrected chi connectivity index (χ0v) is 20.9. The van der Waals surface area contributed by atoms with Gasteiger partial charge in [-0.2, -0.15) is 0 Å². The first-order chi connectivity index (χ1) is 14.4. The molecule has 2 rings (SSSR count). The van der Waals surface area contributed by atoms with Gasteiger partial charge < -0.3 is 0 Å². The van der Waals surface area contributed by atoms with Crippen molar-refractivity contribution in [3.63, 3.8) is 0 Å². The van der Waals surface area contributed by atoms with Crippen molar-refractivity contribution in [2.75, 3.05) is 6.54 Å². The molecule has 3 nitrogen and oxygen atoms in total. The lowest BCUT2D eigenvalue weighted by Gasteiger charge is -2.30. The second-order valence-corrected chi connectivity index (χ2v) is 11.4. The molecule has 1 saturated heterocycles. The van der Waals surface area contributed by atoms with Crippen molar-refractivity contribution in [3.05, 3.63) is 0 Å². The fourth-order valence-corrected chi connectivity index (χ4v) is 5.60. The molecule has 3 heteroatoms. The largest absolute Gasteiger partial charge is 0.288 e. The van der Waals surface area contributed by atoms with E-state index in [0.29, 0.717) is 12.0 Å². The lowest BCUT2D eigenvalue weighted by Crippen LogP contribution is -2.42. The number of hydrazine groups is 1. The fraction of sp³-hybridized carbons (Fsp3) is 0.963. The summed E-state index contributed by atoms with van der Waals surface area (Å²) >= 11 is 0. The third-order valence-corrected chi connectivity index (χ3v) is 7.91. The van der Waals surface area contributed by atoms with Crippen molar-refractivity contribution in [1.29, 1.82) is 0 Å². The molecule has 0 spiro atoms. The Labute approximate surface area is 188 Å². The Hall–Kier alpha value is -0.570. The first-order valence-corrected chi connectivity index (χ1v) is 13.4. The SMILES string of the molecule is CC(C)CCCC(C)CCCC(C)CCCC(C)C1CN(C2CCCCC2)NC1=O. The van der Waals surface area contributed by atoms with Gasteiger partial charge in [0.25, 0.3) is 0 Å². The normalized spacial score (nSPS) is 24.2. The summed E-state index contributed by atoms with van der Waals surface area (Å²) < 4.78 is 0. The Morgan fingerprint density at radius 3 is 1.90 bits per heavy atom. The van der Waals surface area contributed by atoms with Gasteiger partial charge in [0.05, 0.1) is 5.92 Å². The first kappa shape index (κ1) is 25.7. The predicted octanol–water partition coefficient (Wildman–Crippen LogP) is 7.36. The van der Waals surface area contributed by atoms with Crippen LogP contribution in [0, 0.1) is 29.6 Å². The summed E-state index contributed by atoms with van der Waals surface area (Å²) in [5, 5.41) is 2.29. The summed E-state index contributed by atoms with van der Waals surface area (Å²) in [4.78, 5) is 12.5. The topological polar surface area (TPSA) is 32.3 Å². The maximum Gasteiger partial charge on any atom is 0.239 e. The summed E-state index contributed by atoms with van der Waals surface area (Å²) in [5.74, 6) is 3.57. The molecule has 4 unspecified atom stereocenters. The van der Waals surface area contributed by atoms with Crippen LogP contribution in [0.25, 0.3) is 0 Å². The maximum absolute atomic E-state index is 12.5. The van der Waals surface area contributed by atoms with E-state index >= 15 is 0 Å². The average Bonchev–Trinajstić information content (AvgIpc) is 3.10. The van der Waals surface area contributed by atoms with E-state index in [4.69, 9.17) is 0 Å². The number of hydrogen-bond donors (Lipinski definition) is 1. The molecular formula is C27H52N2O. The predicted molar refractivity (Wildman–Crippen MR) is 129 cm³/mol. The second-order valence-electron chi connectivity index (χ2n) is 11.4. The van der Waals surface area contributed by atoms with Crippen LogP contribution in [0.3, 0.4) is 0 Å². The lowest BCUT2D eigenvalue weighted by atomic mass is 9.86. The highest BCUT2D eigenvalue weighted by Gasteiger charge is 2.37. The van der Waals surface area contributed by atoms with Crippen LogP contribution in [-0.2, 0) is 4.79 Å². The Kier molecular flexibility index (Phi) is 11.8. The van der Waals surface area contributed by atoms with Gasteiger partial charge in [-0.15, -0.1) is 0 Å². The van der Waals surface area contributed by atoms with Gasteiger partial charge in [0.1, 0.15) is 0 Å². The molecule has 1 saturated carbocycles. The molecule has 1 heterocycles. The maximum atomic E-state index is 12.5. The Morgan fingerprint density at radius 2 is 1.33 bits per heavy atom. The van der Waals surface area contributed by atoms with E-state index in [0.717, 1.165) is 24.3 Å². The van der Waals surface area contributed by atoms with Crippen LogP contribution in [0.1, 0.15) is 125 Å². The van der Waals surface area contributed by atoms with Crippen LogP contribution < -0.4 is 5.43 Å². The number of carbonyl (C=O) groups excluding carboxylic acids is 1. The summed E-state index contributed by atoms with van der Waals surface area (Å²) in [5.41, 5.74) is 3.21. The Bertz CT molecular complexity index is 471. The highest BCUT2D eigenvalue weighted by molar-refractivity contribution is 5.80. The molecular weight excluding hydrogens is 368 g/mol. The van der Waals surface area contributed by atoms with Crippen LogP contribution in [0.5, 0.6) is 0 Å². The number of amides is 1. The van der Waals surface area contributed by atoms with Crippen LogP contribution >= 0.6 is 0 Å². The molecule has 0 radical (unpaired) electrons. The van der Waals surface area contributed by atoms with Gasteiger partial charge in [0.2, 0.25) is 5.91 Å². The highest BCUT2D eigenvalue weighted by atomic mass is 16.2. The third kappa shape index (κ3) is 9.28. The van der Waals surface area contributed by atoms with E-state index in [-0.39, 0.29) is 11.8 Å². The standard InChI is InChI=1S/C27H52N2O/c1-21(2)12-9-13-22(3)14-10-15-23(4)16-11-17-24(5)26-20-29(28-27(26)30)25-18-7-6-8-19-25/h21-26H,6-20H2,1-5H3,(H,28,30). The van der Waals surface area contributed by atoms with Gasteiger partial charge in [-0.05, 0) is 42.9 Å². The molecule has 4 atom stereocenters. The fourth-order valence-electron chi connectivity index (χ4n) is 5.60. The molecule has 0 aromatic carbocycles. The molecule has 1 amide bonds. The Morgan fingerprint density at radius 1 is 0.800 bits per heavy atom. The number of carbonyl (C=O) groups is 1. The number of rotatable bonds is 14. The summed E-state index contributed by atoms with van der Waals surface area (Å²) in [6.07, 6.45) is 18.7. The third-order valence-electron chi connectivity index (χ3n) is 7.91. The van der Waals surface area contributed by atoms with Crippen molar-refractivity contribution >= 4 is 5.91 Å². The molecule has 1 N–H and O–H groups in total. The van der Waals surface area contributed by atoms with Gasteiger partial charge in [-0.3, -0.25) is 10.2 Å². The van der Waals surface area contributed by atoms with Gasteiger partial charge in [0.15, 0.2) is 0 Å². The van der Waals surface area contributed by atoms with Crippen LogP contribution in [0.2, 0.25) is 0 Å². The van der Waals surface area contributed by atoms with Gasteiger partial charge >= 0.3 is 0 Å². The molecule has 2 aliphatic rings. The van der Waals surface area contributed by atoms with E-state index < -0.39 is 0 Å². The lowest BCUT2D eigenvalue weighted by molar-refractivity contribution is -0.125. The smallest absolute Gasteiger partial charge is 0.239 e. The molecule has 2 fully saturated rings. The minimum absolute atomic E-state index is 0.203. The zero-order chi connectivity index (χ0) is 21.9. The van der Waals surface area contributed by atoms with E-state index in [1.807, 2.05) is 0 Å². The van der Waals surface area contributed by atoms with Gasteiger partial charge in [-0.25, -0.2) is 5.01 Å².